The number of benzene rings is 2. The highest BCUT2D eigenvalue weighted by Gasteiger charge is 2.30. The lowest BCUT2D eigenvalue weighted by atomic mass is 10.1. The maximum Gasteiger partial charge on any atom is 0.267 e. The molecule has 182 valence electrons. The zero-order chi connectivity index (χ0) is 24.9. The fourth-order valence-corrected chi connectivity index (χ4v) is 4.25. The number of aromatic nitrogens is 3. The Hall–Kier alpha value is -3.98. The lowest BCUT2D eigenvalue weighted by molar-refractivity contribution is 0.0655. The van der Waals surface area contributed by atoms with Crippen LogP contribution in [0, 0.1) is 6.92 Å². The first-order chi connectivity index (χ1) is 16.9. The molecular formula is C26H30N6O3. The molecule has 2 aromatic heterocycles. The third-order valence-electron chi connectivity index (χ3n) is 6.06. The summed E-state index contributed by atoms with van der Waals surface area (Å²) in [6.07, 6.45) is 1.13. The summed E-state index contributed by atoms with van der Waals surface area (Å²) in [4.78, 5) is 33.8. The number of nitrogen functional groups attached to an aromatic ring is 1. The van der Waals surface area contributed by atoms with Crippen molar-refractivity contribution in [3.05, 3.63) is 87.6 Å². The van der Waals surface area contributed by atoms with Crippen molar-refractivity contribution in [3.8, 4) is 0 Å². The highest BCUT2D eigenvalue weighted by Crippen LogP contribution is 2.27. The number of carbonyl (C=O) groups is 1. The van der Waals surface area contributed by atoms with Crippen LogP contribution in [0.4, 0.5) is 5.69 Å². The van der Waals surface area contributed by atoms with E-state index in [9.17, 15) is 9.59 Å². The molecule has 0 fully saturated rings. The summed E-state index contributed by atoms with van der Waals surface area (Å²) in [6, 6.07) is 16.0. The van der Waals surface area contributed by atoms with Crippen LogP contribution < -0.4 is 17.0 Å². The molecule has 0 radical (unpaired) electrons. The van der Waals surface area contributed by atoms with Gasteiger partial charge in [0.05, 0.1) is 18.3 Å². The van der Waals surface area contributed by atoms with Crippen molar-refractivity contribution >= 4 is 22.7 Å². The molecule has 1 atom stereocenters. The van der Waals surface area contributed by atoms with E-state index in [-0.39, 0.29) is 17.2 Å². The Balaban J connectivity index is 1.86. The summed E-state index contributed by atoms with van der Waals surface area (Å²) >= 11 is 0. The van der Waals surface area contributed by atoms with Crippen molar-refractivity contribution in [1.29, 1.82) is 0 Å². The standard InChI is InChI=1S/C26H30N6O3/c1-3-21(31(15-7-14-27)25(33)19-10-12-20(28)13-11-19)23-29-24-22(17(2)30-35-24)26(34)32(23)16-18-8-5-4-6-9-18/h4-6,8-13,21H,3,7,14-16,27-28H2,1-2H3. The van der Waals surface area contributed by atoms with Crippen LogP contribution in [0.3, 0.4) is 0 Å². The van der Waals surface area contributed by atoms with Crippen LogP contribution in [0.2, 0.25) is 0 Å². The number of hydrogen-bond donors (Lipinski definition) is 2. The molecule has 4 rings (SSSR count). The molecule has 9 nitrogen and oxygen atoms in total. The molecule has 1 unspecified atom stereocenters. The van der Waals surface area contributed by atoms with Gasteiger partial charge in [-0.15, -0.1) is 0 Å². The van der Waals surface area contributed by atoms with Gasteiger partial charge in [0.25, 0.3) is 17.2 Å². The molecule has 4 aromatic rings. The Kier molecular flexibility index (Phi) is 7.26. The van der Waals surface area contributed by atoms with Crippen molar-refractivity contribution in [3.63, 3.8) is 0 Å². The predicted octanol–water partition coefficient (Wildman–Crippen LogP) is 3.27. The van der Waals surface area contributed by atoms with E-state index in [0.717, 1.165) is 5.56 Å². The van der Waals surface area contributed by atoms with Crippen molar-refractivity contribution in [2.24, 2.45) is 5.73 Å². The number of nitrogens with zero attached hydrogens (tertiary/aromatic N) is 4. The highest BCUT2D eigenvalue weighted by atomic mass is 16.5. The first kappa shape index (κ1) is 24.2. The Bertz CT molecular complexity index is 1360. The van der Waals surface area contributed by atoms with Crippen molar-refractivity contribution < 1.29 is 9.32 Å². The van der Waals surface area contributed by atoms with E-state index in [1.54, 1.807) is 40.7 Å². The van der Waals surface area contributed by atoms with Crippen LogP contribution in [0.15, 0.2) is 63.9 Å². The van der Waals surface area contributed by atoms with Crippen LogP contribution in [0.25, 0.3) is 11.1 Å². The Labute approximate surface area is 203 Å². The summed E-state index contributed by atoms with van der Waals surface area (Å²) < 4.78 is 7.00. The van der Waals surface area contributed by atoms with Crippen LogP contribution in [-0.4, -0.2) is 38.6 Å². The molecule has 0 aliphatic carbocycles. The number of aryl methyl sites for hydroxylation is 1. The van der Waals surface area contributed by atoms with E-state index in [1.165, 1.54) is 0 Å². The molecular weight excluding hydrogens is 444 g/mol. The van der Waals surface area contributed by atoms with Crippen LogP contribution in [0.1, 0.15) is 53.2 Å². The zero-order valence-corrected chi connectivity index (χ0v) is 20.0. The number of amides is 1. The van der Waals surface area contributed by atoms with Crippen molar-refractivity contribution in [2.45, 2.75) is 39.3 Å². The molecule has 0 saturated heterocycles. The second-order valence-electron chi connectivity index (χ2n) is 8.48. The molecule has 4 N–H and O–H groups in total. The van der Waals surface area contributed by atoms with Crippen molar-refractivity contribution in [2.75, 3.05) is 18.8 Å². The van der Waals surface area contributed by atoms with Gasteiger partial charge in [0, 0.05) is 17.8 Å². The zero-order valence-electron chi connectivity index (χ0n) is 20.0. The maximum atomic E-state index is 13.7. The number of nitrogens with two attached hydrogens (primary N) is 2. The Morgan fingerprint density at radius 3 is 2.51 bits per heavy atom. The molecule has 2 heterocycles. The van der Waals surface area contributed by atoms with Crippen LogP contribution >= 0.6 is 0 Å². The third-order valence-corrected chi connectivity index (χ3v) is 6.06. The molecule has 9 heteroatoms. The monoisotopic (exact) mass is 474 g/mol. The van der Waals surface area contributed by atoms with Gasteiger partial charge in [-0.25, -0.2) is 0 Å². The molecule has 0 bridgehead atoms. The SMILES string of the molecule is CCC(c1nc2onc(C)c2c(=O)n1Cc1ccccc1)N(CCCN)C(=O)c1ccc(N)cc1. The van der Waals surface area contributed by atoms with Gasteiger partial charge in [0.1, 0.15) is 11.2 Å². The van der Waals surface area contributed by atoms with Crippen LogP contribution in [-0.2, 0) is 6.54 Å². The van der Waals surface area contributed by atoms with Gasteiger partial charge >= 0.3 is 0 Å². The molecule has 0 spiro atoms. The number of rotatable bonds is 9. The van der Waals surface area contributed by atoms with Crippen LogP contribution in [0.5, 0.6) is 0 Å². The minimum Gasteiger partial charge on any atom is -0.399 e. The minimum absolute atomic E-state index is 0.170. The molecule has 2 aromatic carbocycles. The van der Waals surface area contributed by atoms with E-state index in [1.807, 2.05) is 37.3 Å². The fourth-order valence-electron chi connectivity index (χ4n) is 4.25. The number of carbonyl (C=O) groups excluding carboxylic acids is 1. The van der Waals surface area contributed by atoms with Crippen molar-refractivity contribution in [1.82, 2.24) is 19.6 Å². The normalized spacial score (nSPS) is 12.1. The number of anilines is 1. The fraction of sp³-hybridized carbons (Fsp3) is 0.308. The van der Waals surface area contributed by atoms with E-state index in [0.29, 0.717) is 60.6 Å². The summed E-state index contributed by atoms with van der Waals surface area (Å²) in [6.45, 7) is 4.82. The largest absolute Gasteiger partial charge is 0.399 e. The van der Waals surface area contributed by atoms with E-state index in [4.69, 9.17) is 21.0 Å². The first-order valence-corrected chi connectivity index (χ1v) is 11.7. The summed E-state index contributed by atoms with van der Waals surface area (Å²) in [5, 5.41) is 4.30. The average Bonchev–Trinajstić information content (AvgIpc) is 3.25. The second-order valence-corrected chi connectivity index (χ2v) is 8.48. The van der Waals surface area contributed by atoms with E-state index < -0.39 is 6.04 Å². The lowest BCUT2D eigenvalue weighted by Crippen LogP contribution is -2.40. The smallest absolute Gasteiger partial charge is 0.267 e. The topological polar surface area (TPSA) is 133 Å². The molecule has 0 saturated carbocycles. The molecule has 0 aliphatic rings. The highest BCUT2D eigenvalue weighted by molar-refractivity contribution is 5.94. The van der Waals surface area contributed by atoms with E-state index in [2.05, 4.69) is 5.16 Å². The summed E-state index contributed by atoms with van der Waals surface area (Å²) in [5.74, 6) is 0.269. The van der Waals surface area contributed by atoms with E-state index >= 15 is 0 Å². The lowest BCUT2D eigenvalue weighted by Gasteiger charge is -2.32. The van der Waals surface area contributed by atoms with Gasteiger partial charge in [0.15, 0.2) is 0 Å². The van der Waals surface area contributed by atoms with Gasteiger partial charge in [-0.2, -0.15) is 4.98 Å². The Morgan fingerprint density at radius 1 is 1.14 bits per heavy atom. The summed E-state index contributed by atoms with van der Waals surface area (Å²) in [5.41, 5.74) is 14.0. The average molecular weight is 475 g/mol. The van der Waals surface area contributed by atoms with Gasteiger partial charge in [-0.1, -0.05) is 42.4 Å². The maximum absolute atomic E-state index is 13.7. The predicted molar refractivity (Wildman–Crippen MR) is 135 cm³/mol. The first-order valence-electron chi connectivity index (χ1n) is 11.7. The van der Waals surface area contributed by atoms with Gasteiger partial charge in [-0.05, 0) is 56.1 Å². The molecule has 0 aliphatic heterocycles. The van der Waals surface area contributed by atoms with Gasteiger partial charge in [0.2, 0.25) is 0 Å². The third kappa shape index (κ3) is 4.95. The number of fused-ring (bicyclic) bond motifs is 1. The Morgan fingerprint density at radius 2 is 1.86 bits per heavy atom. The minimum atomic E-state index is -0.488. The molecule has 1 amide bonds. The summed E-state index contributed by atoms with van der Waals surface area (Å²) in [7, 11) is 0. The number of hydrogen-bond acceptors (Lipinski definition) is 7. The van der Waals surface area contributed by atoms with Gasteiger partial charge in [-0.3, -0.25) is 14.2 Å². The quantitative estimate of drug-likeness (QED) is 0.356. The molecule has 35 heavy (non-hydrogen) atoms. The van der Waals surface area contributed by atoms with Gasteiger partial charge < -0.3 is 20.9 Å². The second kappa shape index (κ2) is 10.5.